The second-order valence-electron chi connectivity index (χ2n) is 6.30. The number of hydrogen-bond donors (Lipinski definition) is 0. The normalized spacial score (nSPS) is 16.8. The van der Waals surface area contributed by atoms with Crippen LogP contribution in [0.25, 0.3) is 0 Å². The SMILES string of the molecule is Cc1ccccc1N1C[C@H](C)N(c2ccccc2)c2cccnc21. The van der Waals surface area contributed by atoms with Crippen LogP contribution in [0.1, 0.15) is 12.5 Å². The zero-order valence-corrected chi connectivity index (χ0v) is 14.1. The van der Waals surface area contributed by atoms with Gasteiger partial charge in [-0.3, -0.25) is 0 Å². The van der Waals surface area contributed by atoms with Crippen LogP contribution in [0.2, 0.25) is 0 Å². The highest BCUT2D eigenvalue weighted by Gasteiger charge is 2.31. The minimum absolute atomic E-state index is 0.351. The van der Waals surface area contributed by atoms with Gasteiger partial charge in [-0.25, -0.2) is 4.98 Å². The lowest BCUT2D eigenvalue weighted by molar-refractivity contribution is 0.677. The maximum absolute atomic E-state index is 4.71. The van der Waals surface area contributed by atoms with Crippen LogP contribution in [0.3, 0.4) is 0 Å². The Bertz CT molecular complexity index is 844. The van der Waals surface area contributed by atoms with Gasteiger partial charge in [0, 0.05) is 30.2 Å². The molecule has 0 aliphatic carbocycles. The number of para-hydroxylation sites is 2. The van der Waals surface area contributed by atoms with E-state index < -0.39 is 0 Å². The van der Waals surface area contributed by atoms with E-state index in [9.17, 15) is 0 Å². The first-order chi connectivity index (χ1) is 11.8. The molecule has 0 saturated heterocycles. The fraction of sp³-hybridized carbons (Fsp3) is 0.190. The molecule has 3 aromatic rings. The van der Waals surface area contributed by atoms with E-state index in [1.165, 1.54) is 16.9 Å². The molecular formula is C21H21N3. The second kappa shape index (κ2) is 6.00. The molecule has 3 heteroatoms. The summed E-state index contributed by atoms with van der Waals surface area (Å²) < 4.78 is 0. The van der Waals surface area contributed by atoms with E-state index in [-0.39, 0.29) is 0 Å². The third kappa shape index (κ3) is 2.42. The van der Waals surface area contributed by atoms with E-state index in [0.29, 0.717) is 6.04 Å². The van der Waals surface area contributed by atoms with E-state index in [1.54, 1.807) is 0 Å². The lowest BCUT2D eigenvalue weighted by Gasteiger charge is -2.42. The van der Waals surface area contributed by atoms with Crippen molar-refractivity contribution in [3.05, 3.63) is 78.5 Å². The van der Waals surface area contributed by atoms with E-state index in [4.69, 9.17) is 4.98 Å². The van der Waals surface area contributed by atoms with Crippen molar-refractivity contribution in [2.75, 3.05) is 16.3 Å². The first-order valence-electron chi connectivity index (χ1n) is 8.38. The second-order valence-corrected chi connectivity index (χ2v) is 6.30. The zero-order valence-electron chi connectivity index (χ0n) is 14.1. The molecule has 1 aromatic heterocycles. The fourth-order valence-corrected chi connectivity index (χ4v) is 3.52. The summed E-state index contributed by atoms with van der Waals surface area (Å²) in [6, 6.07) is 23.6. The van der Waals surface area contributed by atoms with E-state index in [2.05, 4.69) is 84.3 Å². The molecule has 0 unspecified atom stereocenters. The Balaban J connectivity index is 1.85. The van der Waals surface area contributed by atoms with Crippen molar-refractivity contribution in [1.82, 2.24) is 4.98 Å². The van der Waals surface area contributed by atoms with Gasteiger partial charge in [0.2, 0.25) is 0 Å². The summed E-state index contributed by atoms with van der Waals surface area (Å²) in [6.45, 7) is 5.34. The molecule has 2 aromatic carbocycles. The number of rotatable bonds is 2. The summed E-state index contributed by atoms with van der Waals surface area (Å²) in [5, 5.41) is 0. The molecule has 0 radical (unpaired) electrons. The predicted molar refractivity (Wildman–Crippen MR) is 100 cm³/mol. The molecule has 1 aliphatic heterocycles. The van der Waals surface area contributed by atoms with Crippen molar-refractivity contribution < 1.29 is 0 Å². The van der Waals surface area contributed by atoms with Crippen LogP contribution in [-0.4, -0.2) is 17.6 Å². The quantitative estimate of drug-likeness (QED) is 0.658. The van der Waals surface area contributed by atoms with Crippen LogP contribution < -0.4 is 9.80 Å². The number of benzene rings is 2. The molecule has 1 aliphatic rings. The van der Waals surface area contributed by atoms with Crippen LogP contribution in [0.15, 0.2) is 72.9 Å². The minimum Gasteiger partial charge on any atom is -0.334 e. The number of nitrogens with zero attached hydrogens (tertiary/aromatic N) is 3. The largest absolute Gasteiger partial charge is 0.334 e. The number of anilines is 4. The molecule has 0 amide bonds. The summed E-state index contributed by atoms with van der Waals surface area (Å²) in [5.41, 5.74) is 4.88. The molecule has 0 N–H and O–H groups in total. The molecule has 0 saturated carbocycles. The summed E-state index contributed by atoms with van der Waals surface area (Å²) >= 11 is 0. The topological polar surface area (TPSA) is 19.4 Å². The summed E-state index contributed by atoms with van der Waals surface area (Å²) in [4.78, 5) is 9.44. The van der Waals surface area contributed by atoms with Gasteiger partial charge in [0.05, 0.1) is 5.69 Å². The molecule has 120 valence electrons. The van der Waals surface area contributed by atoms with Crippen molar-refractivity contribution in [3.8, 4) is 0 Å². The van der Waals surface area contributed by atoms with E-state index in [1.807, 2.05) is 12.3 Å². The number of aryl methyl sites for hydroxylation is 1. The smallest absolute Gasteiger partial charge is 0.157 e. The van der Waals surface area contributed by atoms with Crippen LogP contribution in [0, 0.1) is 6.92 Å². The monoisotopic (exact) mass is 315 g/mol. The van der Waals surface area contributed by atoms with Crippen LogP contribution in [0.4, 0.5) is 22.9 Å². The van der Waals surface area contributed by atoms with Crippen molar-refractivity contribution >= 4 is 22.9 Å². The summed E-state index contributed by atoms with van der Waals surface area (Å²) in [6.07, 6.45) is 1.88. The van der Waals surface area contributed by atoms with Crippen LogP contribution in [-0.2, 0) is 0 Å². The number of pyridine rings is 1. The Labute approximate surface area is 143 Å². The highest BCUT2D eigenvalue weighted by atomic mass is 15.3. The average Bonchev–Trinajstić information content (AvgIpc) is 2.62. The highest BCUT2D eigenvalue weighted by molar-refractivity contribution is 5.82. The van der Waals surface area contributed by atoms with Gasteiger partial charge in [0.15, 0.2) is 5.82 Å². The molecule has 0 fully saturated rings. The molecule has 1 atom stereocenters. The van der Waals surface area contributed by atoms with Crippen molar-refractivity contribution in [2.45, 2.75) is 19.9 Å². The molecule has 2 heterocycles. The number of aromatic nitrogens is 1. The molecule has 4 rings (SSSR count). The van der Waals surface area contributed by atoms with Crippen molar-refractivity contribution in [3.63, 3.8) is 0 Å². The Morgan fingerprint density at radius 1 is 0.875 bits per heavy atom. The van der Waals surface area contributed by atoms with Crippen molar-refractivity contribution in [1.29, 1.82) is 0 Å². The molecule has 3 nitrogen and oxygen atoms in total. The van der Waals surface area contributed by atoms with Gasteiger partial charge in [-0.2, -0.15) is 0 Å². The standard InChI is InChI=1S/C21H21N3/c1-16-9-6-7-12-19(16)23-15-17(2)24(18-10-4-3-5-11-18)20-13-8-14-22-21(20)23/h3-14,17H,15H2,1-2H3/t17-/m0/s1. The number of fused-ring (bicyclic) bond motifs is 1. The van der Waals surface area contributed by atoms with Crippen molar-refractivity contribution in [2.24, 2.45) is 0 Å². The van der Waals surface area contributed by atoms with Crippen LogP contribution in [0.5, 0.6) is 0 Å². The first kappa shape index (κ1) is 14.8. The third-order valence-electron chi connectivity index (χ3n) is 4.61. The van der Waals surface area contributed by atoms with Crippen LogP contribution >= 0.6 is 0 Å². The molecule has 24 heavy (non-hydrogen) atoms. The van der Waals surface area contributed by atoms with Gasteiger partial charge in [-0.05, 0) is 49.7 Å². The van der Waals surface area contributed by atoms with E-state index >= 15 is 0 Å². The predicted octanol–water partition coefficient (Wildman–Crippen LogP) is 5.07. The third-order valence-corrected chi connectivity index (χ3v) is 4.61. The van der Waals surface area contributed by atoms with Gasteiger partial charge >= 0.3 is 0 Å². The molecule has 0 bridgehead atoms. The first-order valence-corrected chi connectivity index (χ1v) is 8.38. The van der Waals surface area contributed by atoms with E-state index in [0.717, 1.165) is 18.1 Å². The van der Waals surface area contributed by atoms with Gasteiger partial charge < -0.3 is 9.80 Å². The fourth-order valence-electron chi connectivity index (χ4n) is 3.52. The maximum atomic E-state index is 4.71. The average molecular weight is 315 g/mol. The van der Waals surface area contributed by atoms with Gasteiger partial charge in [0.25, 0.3) is 0 Å². The summed E-state index contributed by atoms with van der Waals surface area (Å²) in [5.74, 6) is 1.02. The Morgan fingerprint density at radius 2 is 1.58 bits per heavy atom. The minimum atomic E-state index is 0.351. The molecular weight excluding hydrogens is 294 g/mol. The Kier molecular flexibility index (Phi) is 3.69. The lowest BCUT2D eigenvalue weighted by Crippen LogP contribution is -2.44. The van der Waals surface area contributed by atoms with Gasteiger partial charge in [-0.15, -0.1) is 0 Å². The highest BCUT2D eigenvalue weighted by Crippen LogP contribution is 2.42. The Morgan fingerprint density at radius 3 is 2.38 bits per heavy atom. The summed E-state index contributed by atoms with van der Waals surface area (Å²) in [7, 11) is 0. The zero-order chi connectivity index (χ0) is 16.5. The number of hydrogen-bond acceptors (Lipinski definition) is 3. The Hall–Kier alpha value is -2.81. The lowest BCUT2D eigenvalue weighted by atomic mass is 10.1. The van der Waals surface area contributed by atoms with Gasteiger partial charge in [-0.1, -0.05) is 36.4 Å². The molecule has 0 spiro atoms. The maximum Gasteiger partial charge on any atom is 0.157 e. The van der Waals surface area contributed by atoms with Gasteiger partial charge in [0.1, 0.15) is 0 Å².